The van der Waals surface area contributed by atoms with Crippen molar-refractivity contribution in [1.82, 2.24) is 14.9 Å². The minimum atomic E-state index is 0.213. The topological polar surface area (TPSA) is 39.1 Å². The first-order chi connectivity index (χ1) is 8.88. The summed E-state index contributed by atoms with van der Waals surface area (Å²) in [7, 11) is 1.96. The van der Waals surface area contributed by atoms with Crippen LogP contribution in [0, 0.1) is 0 Å². The third-order valence-electron chi connectivity index (χ3n) is 3.33. The zero-order chi connectivity index (χ0) is 12.4. The van der Waals surface area contributed by atoms with Gasteiger partial charge in [-0.15, -0.1) is 0 Å². The lowest BCUT2D eigenvalue weighted by atomic mass is 10.2. The number of para-hydroxylation sites is 2. The standard InChI is InChI=1S/C14H17N3O/c1-15-12(14-7-4-8-18-14)9-17-10-16-11-5-2-3-6-13(11)17/h2-3,5-7,10,12,15H,4,8-9H2,1H3. The Morgan fingerprint density at radius 1 is 1.44 bits per heavy atom. The number of likely N-dealkylation sites (N-methyl/N-ethyl adjacent to an activating group) is 1. The molecule has 1 aliphatic heterocycles. The molecule has 0 bridgehead atoms. The van der Waals surface area contributed by atoms with Gasteiger partial charge in [-0.3, -0.25) is 0 Å². The van der Waals surface area contributed by atoms with Crippen LogP contribution in [0.1, 0.15) is 6.42 Å². The average molecular weight is 243 g/mol. The number of hydrogen-bond donors (Lipinski definition) is 1. The lowest BCUT2D eigenvalue weighted by Crippen LogP contribution is -2.32. The van der Waals surface area contributed by atoms with E-state index in [2.05, 4.69) is 27.0 Å². The van der Waals surface area contributed by atoms with Crippen LogP contribution in [0.3, 0.4) is 0 Å². The number of fused-ring (bicyclic) bond motifs is 1. The van der Waals surface area contributed by atoms with Crippen LogP contribution in [0.15, 0.2) is 42.4 Å². The van der Waals surface area contributed by atoms with E-state index >= 15 is 0 Å². The van der Waals surface area contributed by atoms with Crippen LogP contribution in [0.4, 0.5) is 0 Å². The Kier molecular flexibility index (Phi) is 3.02. The molecule has 0 saturated carbocycles. The van der Waals surface area contributed by atoms with Crippen molar-refractivity contribution in [2.24, 2.45) is 0 Å². The molecule has 0 spiro atoms. The third kappa shape index (κ3) is 1.99. The molecule has 4 nitrogen and oxygen atoms in total. The molecule has 1 atom stereocenters. The van der Waals surface area contributed by atoms with Crippen LogP contribution < -0.4 is 5.32 Å². The monoisotopic (exact) mass is 243 g/mol. The summed E-state index contributed by atoms with van der Waals surface area (Å²) >= 11 is 0. The van der Waals surface area contributed by atoms with E-state index in [1.54, 1.807) is 0 Å². The maximum Gasteiger partial charge on any atom is 0.111 e. The molecule has 1 aromatic heterocycles. The van der Waals surface area contributed by atoms with Gasteiger partial charge in [0.1, 0.15) is 5.76 Å². The molecule has 1 aliphatic rings. The van der Waals surface area contributed by atoms with Crippen LogP contribution >= 0.6 is 0 Å². The Morgan fingerprint density at radius 3 is 3.11 bits per heavy atom. The maximum atomic E-state index is 5.63. The molecule has 1 aromatic carbocycles. The minimum Gasteiger partial charge on any atom is -0.496 e. The van der Waals surface area contributed by atoms with E-state index in [1.807, 2.05) is 31.6 Å². The number of ether oxygens (including phenoxy) is 1. The minimum absolute atomic E-state index is 0.213. The van der Waals surface area contributed by atoms with Crippen LogP contribution in [0.5, 0.6) is 0 Å². The normalized spacial score (nSPS) is 16.6. The van der Waals surface area contributed by atoms with Gasteiger partial charge in [0.25, 0.3) is 0 Å². The van der Waals surface area contributed by atoms with Gasteiger partial charge in [0.05, 0.1) is 30.0 Å². The SMILES string of the molecule is CNC(Cn1cnc2ccccc21)C1=CCCO1. The maximum absolute atomic E-state index is 5.63. The Bertz CT molecular complexity index is 573. The highest BCUT2D eigenvalue weighted by molar-refractivity contribution is 5.74. The lowest BCUT2D eigenvalue weighted by molar-refractivity contribution is 0.212. The molecule has 3 rings (SSSR count). The molecular weight excluding hydrogens is 226 g/mol. The summed E-state index contributed by atoms with van der Waals surface area (Å²) in [6, 6.07) is 8.40. The number of imidazole rings is 1. The van der Waals surface area contributed by atoms with Gasteiger partial charge in [-0.05, 0) is 25.3 Å². The molecule has 18 heavy (non-hydrogen) atoms. The van der Waals surface area contributed by atoms with E-state index in [4.69, 9.17) is 4.74 Å². The molecule has 94 valence electrons. The second kappa shape index (κ2) is 4.82. The zero-order valence-corrected chi connectivity index (χ0v) is 10.5. The molecule has 1 unspecified atom stereocenters. The Balaban J connectivity index is 1.86. The Labute approximate surface area is 106 Å². The van der Waals surface area contributed by atoms with E-state index in [0.717, 1.165) is 36.4 Å². The molecule has 1 N–H and O–H groups in total. The molecule has 0 aliphatic carbocycles. The van der Waals surface area contributed by atoms with Crippen molar-refractivity contribution in [3.63, 3.8) is 0 Å². The summed E-state index contributed by atoms with van der Waals surface area (Å²) in [5.41, 5.74) is 2.20. The first-order valence-corrected chi connectivity index (χ1v) is 6.28. The Hall–Kier alpha value is -1.81. The fourth-order valence-electron chi connectivity index (χ4n) is 2.36. The molecular formula is C14H17N3O. The quantitative estimate of drug-likeness (QED) is 0.891. The molecule has 2 aromatic rings. The number of benzene rings is 1. The van der Waals surface area contributed by atoms with Gasteiger partial charge in [-0.1, -0.05) is 12.1 Å². The van der Waals surface area contributed by atoms with Crippen LogP contribution in [-0.4, -0.2) is 29.2 Å². The smallest absolute Gasteiger partial charge is 0.111 e. The van der Waals surface area contributed by atoms with Gasteiger partial charge in [-0.2, -0.15) is 0 Å². The molecule has 0 radical (unpaired) electrons. The van der Waals surface area contributed by atoms with Gasteiger partial charge >= 0.3 is 0 Å². The van der Waals surface area contributed by atoms with E-state index in [1.165, 1.54) is 0 Å². The molecule has 0 fully saturated rings. The largest absolute Gasteiger partial charge is 0.496 e. The number of hydrogen-bond acceptors (Lipinski definition) is 3. The Morgan fingerprint density at radius 2 is 2.33 bits per heavy atom. The third-order valence-corrected chi connectivity index (χ3v) is 3.33. The van der Waals surface area contributed by atoms with Crippen molar-refractivity contribution < 1.29 is 4.74 Å². The zero-order valence-electron chi connectivity index (χ0n) is 10.5. The highest BCUT2D eigenvalue weighted by Gasteiger charge is 2.18. The van der Waals surface area contributed by atoms with Gasteiger partial charge in [0.2, 0.25) is 0 Å². The van der Waals surface area contributed by atoms with E-state index in [0.29, 0.717) is 0 Å². The number of nitrogens with zero attached hydrogens (tertiary/aromatic N) is 2. The average Bonchev–Trinajstić information content (AvgIpc) is 3.06. The van der Waals surface area contributed by atoms with Gasteiger partial charge < -0.3 is 14.6 Å². The van der Waals surface area contributed by atoms with E-state index in [9.17, 15) is 0 Å². The predicted octanol–water partition coefficient (Wildman–Crippen LogP) is 1.93. The van der Waals surface area contributed by atoms with Crippen molar-refractivity contribution in [3.8, 4) is 0 Å². The number of nitrogens with one attached hydrogen (secondary N) is 1. The lowest BCUT2D eigenvalue weighted by Gasteiger charge is -2.18. The summed E-state index contributed by atoms with van der Waals surface area (Å²) in [5, 5.41) is 3.31. The summed E-state index contributed by atoms with van der Waals surface area (Å²) in [6.07, 6.45) is 5.07. The molecule has 0 saturated heterocycles. The molecule has 2 heterocycles. The second-order valence-corrected chi connectivity index (χ2v) is 4.47. The van der Waals surface area contributed by atoms with Crippen LogP contribution in [0.2, 0.25) is 0 Å². The van der Waals surface area contributed by atoms with Gasteiger partial charge in [-0.25, -0.2) is 4.98 Å². The fourth-order valence-corrected chi connectivity index (χ4v) is 2.36. The highest BCUT2D eigenvalue weighted by atomic mass is 16.5. The summed E-state index contributed by atoms with van der Waals surface area (Å²) < 4.78 is 7.80. The molecule has 4 heteroatoms. The molecule has 0 amide bonds. The van der Waals surface area contributed by atoms with Gasteiger partial charge in [0.15, 0.2) is 0 Å². The van der Waals surface area contributed by atoms with E-state index in [-0.39, 0.29) is 6.04 Å². The van der Waals surface area contributed by atoms with Crippen molar-refractivity contribution >= 4 is 11.0 Å². The van der Waals surface area contributed by atoms with Crippen LogP contribution in [-0.2, 0) is 11.3 Å². The van der Waals surface area contributed by atoms with E-state index < -0.39 is 0 Å². The fraction of sp³-hybridized carbons (Fsp3) is 0.357. The van der Waals surface area contributed by atoms with Crippen molar-refractivity contribution in [3.05, 3.63) is 42.4 Å². The predicted molar refractivity (Wildman–Crippen MR) is 71.2 cm³/mol. The summed E-state index contributed by atoms with van der Waals surface area (Å²) in [5.74, 6) is 1.05. The number of aromatic nitrogens is 2. The first kappa shape index (κ1) is 11.3. The van der Waals surface area contributed by atoms with Crippen molar-refractivity contribution in [1.29, 1.82) is 0 Å². The summed E-state index contributed by atoms with van der Waals surface area (Å²) in [4.78, 5) is 4.41. The van der Waals surface area contributed by atoms with Crippen LogP contribution in [0.25, 0.3) is 11.0 Å². The summed E-state index contributed by atoms with van der Waals surface area (Å²) in [6.45, 7) is 1.64. The first-order valence-electron chi connectivity index (χ1n) is 6.28. The van der Waals surface area contributed by atoms with Gasteiger partial charge in [0, 0.05) is 13.0 Å². The van der Waals surface area contributed by atoms with Crippen molar-refractivity contribution in [2.45, 2.75) is 19.0 Å². The number of rotatable bonds is 4. The highest BCUT2D eigenvalue weighted by Crippen LogP contribution is 2.17. The second-order valence-electron chi connectivity index (χ2n) is 4.47. The van der Waals surface area contributed by atoms with Crippen molar-refractivity contribution in [2.75, 3.05) is 13.7 Å².